The fourth-order valence-corrected chi connectivity index (χ4v) is 9.97. The number of fused-ring (bicyclic) bond motifs is 1. The third kappa shape index (κ3) is 1.37. The minimum atomic E-state index is -0.500. The van der Waals surface area contributed by atoms with E-state index in [0.29, 0.717) is 17.9 Å². The Morgan fingerprint density at radius 1 is 1.19 bits per heavy atom. The first-order chi connectivity index (χ1) is 12.3. The average Bonchev–Trinajstić information content (AvgIpc) is 3.14. The van der Waals surface area contributed by atoms with Crippen LogP contribution >= 0.6 is 0 Å². The van der Waals surface area contributed by atoms with E-state index >= 15 is 0 Å². The highest BCUT2D eigenvalue weighted by Crippen LogP contribution is 2.83. The molecule has 11 atom stereocenters. The second kappa shape index (κ2) is 4.59. The van der Waals surface area contributed by atoms with Crippen LogP contribution in [0.1, 0.15) is 46.0 Å². The molecule has 4 nitrogen and oxygen atoms in total. The van der Waals surface area contributed by atoms with E-state index in [1.54, 1.807) is 0 Å². The zero-order chi connectivity index (χ0) is 18.2. The van der Waals surface area contributed by atoms with Crippen molar-refractivity contribution in [2.45, 2.75) is 70.3 Å². The van der Waals surface area contributed by atoms with Gasteiger partial charge in [-0.3, -0.25) is 4.90 Å². The van der Waals surface area contributed by atoms with Crippen molar-refractivity contribution in [2.24, 2.45) is 39.9 Å². The molecule has 0 amide bonds. The Morgan fingerprint density at radius 2 is 1.96 bits per heavy atom. The molecule has 5 saturated carbocycles. The summed E-state index contributed by atoms with van der Waals surface area (Å²) in [4.78, 5) is 2.65. The lowest BCUT2D eigenvalue weighted by molar-refractivity contribution is -0.218. The van der Waals surface area contributed by atoms with Crippen LogP contribution in [0.25, 0.3) is 0 Å². The number of hydrogen-bond donors (Lipinski definition) is 3. The fraction of sp³-hybridized carbons (Fsp3) is 0.909. The van der Waals surface area contributed by atoms with Crippen LogP contribution in [0.2, 0.25) is 0 Å². The molecule has 0 unspecified atom stereocenters. The third-order valence-electron chi connectivity index (χ3n) is 10.6. The highest BCUT2D eigenvalue weighted by molar-refractivity contribution is 5.39. The van der Waals surface area contributed by atoms with E-state index in [1.807, 2.05) is 0 Å². The Kier molecular flexibility index (Phi) is 2.92. The summed E-state index contributed by atoms with van der Waals surface area (Å²) in [5.74, 6) is 1.26. The SMILES string of the molecule is C=C1[C@H]2C[C@@]3([C@@H]1O)[C@@H](C[C@H]2O)[C@]12[C@@H]4C[C@H]3[C@H]1N(CC)C[C@]4(C)CC[C@@H]2O. The molecule has 1 heterocycles. The Hall–Kier alpha value is -0.420. The molecule has 7 bridgehead atoms. The van der Waals surface area contributed by atoms with Gasteiger partial charge in [0.1, 0.15) is 0 Å². The summed E-state index contributed by atoms with van der Waals surface area (Å²) < 4.78 is 0. The molecular weight excluding hydrogens is 326 g/mol. The number of aliphatic hydroxyl groups is 3. The first kappa shape index (κ1) is 16.5. The maximum Gasteiger partial charge on any atom is 0.0813 e. The molecule has 3 N–H and O–H groups in total. The predicted octanol–water partition coefficient (Wildman–Crippen LogP) is 1.79. The lowest BCUT2D eigenvalue weighted by atomic mass is 9.43. The fourth-order valence-electron chi connectivity index (χ4n) is 9.97. The van der Waals surface area contributed by atoms with Crippen molar-refractivity contribution in [2.75, 3.05) is 13.1 Å². The van der Waals surface area contributed by atoms with E-state index in [9.17, 15) is 15.3 Å². The number of nitrogens with zero attached hydrogens (tertiary/aromatic N) is 1. The molecule has 4 heteroatoms. The van der Waals surface area contributed by atoms with Gasteiger partial charge in [0.2, 0.25) is 0 Å². The molecule has 144 valence electrons. The van der Waals surface area contributed by atoms with Crippen LogP contribution in [0, 0.1) is 39.9 Å². The lowest BCUT2D eigenvalue weighted by Crippen LogP contribution is -2.68. The highest BCUT2D eigenvalue weighted by Gasteiger charge is 2.85. The third-order valence-corrected chi connectivity index (χ3v) is 10.6. The first-order valence-electron chi connectivity index (χ1n) is 10.8. The molecule has 26 heavy (non-hydrogen) atoms. The second-order valence-electron chi connectivity index (χ2n) is 10.9. The minimum absolute atomic E-state index is 0.0547. The molecule has 0 aromatic rings. The maximum absolute atomic E-state index is 11.5. The predicted molar refractivity (Wildman–Crippen MR) is 98.2 cm³/mol. The van der Waals surface area contributed by atoms with E-state index in [0.717, 1.165) is 50.8 Å². The maximum atomic E-state index is 11.5. The molecule has 1 aliphatic heterocycles. The summed E-state index contributed by atoms with van der Waals surface area (Å²) in [6, 6.07) is 0.373. The van der Waals surface area contributed by atoms with Crippen LogP contribution < -0.4 is 0 Å². The average molecular weight is 360 g/mol. The normalized spacial score (nSPS) is 65.5. The summed E-state index contributed by atoms with van der Waals surface area (Å²) in [6.45, 7) is 11.1. The van der Waals surface area contributed by atoms with Gasteiger partial charge in [0.25, 0.3) is 0 Å². The van der Waals surface area contributed by atoms with E-state index in [2.05, 4.69) is 25.3 Å². The molecule has 2 spiro atoms. The lowest BCUT2D eigenvalue weighted by Gasteiger charge is -2.65. The van der Waals surface area contributed by atoms with Gasteiger partial charge in [0, 0.05) is 29.3 Å². The molecule has 1 saturated heterocycles. The molecule has 6 aliphatic rings. The summed E-state index contributed by atoms with van der Waals surface area (Å²) in [7, 11) is 0. The first-order valence-corrected chi connectivity index (χ1v) is 10.8. The van der Waals surface area contributed by atoms with E-state index < -0.39 is 12.2 Å². The topological polar surface area (TPSA) is 63.9 Å². The van der Waals surface area contributed by atoms with Gasteiger partial charge >= 0.3 is 0 Å². The van der Waals surface area contributed by atoms with Crippen LogP contribution in [-0.4, -0.2) is 57.7 Å². The smallest absolute Gasteiger partial charge is 0.0813 e. The zero-order valence-corrected chi connectivity index (χ0v) is 16.1. The van der Waals surface area contributed by atoms with Crippen molar-refractivity contribution in [3.8, 4) is 0 Å². The summed E-state index contributed by atoms with van der Waals surface area (Å²) in [5.41, 5.74) is 0.849. The molecule has 6 rings (SSSR count). The van der Waals surface area contributed by atoms with Crippen molar-refractivity contribution in [1.29, 1.82) is 0 Å². The standard InChI is InChI=1S/C22H33NO3/c1-4-23-10-20(3)6-5-17(25)22-15(20)7-13(18(22)23)21-9-12(11(2)19(21)26)14(24)8-16(21)22/h12-19,24-26H,2,4-10H2,1,3H3/t12-,13+,14-,15-,16-,17+,18-,19-,20+,21+,22+/m1/s1. The largest absolute Gasteiger partial charge is 0.392 e. The van der Waals surface area contributed by atoms with Crippen molar-refractivity contribution >= 4 is 0 Å². The number of likely N-dealkylation sites (tertiary alicyclic amines) is 1. The second-order valence-corrected chi connectivity index (χ2v) is 10.9. The van der Waals surface area contributed by atoms with Crippen LogP contribution in [0.4, 0.5) is 0 Å². The van der Waals surface area contributed by atoms with Crippen molar-refractivity contribution < 1.29 is 15.3 Å². The summed E-state index contributed by atoms with van der Waals surface area (Å²) in [5, 5.41) is 33.8. The highest BCUT2D eigenvalue weighted by atomic mass is 16.3. The molecular formula is C22H33NO3. The number of piperidine rings is 1. The number of aliphatic hydroxyl groups excluding tert-OH is 3. The van der Waals surface area contributed by atoms with E-state index in [1.165, 1.54) is 0 Å². The quantitative estimate of drug-likeness (QED) is 0.625. The summed E-state index contributed by atoms with van der Waals surface area (Å²) in [6.07, 6.45) is 3.58. The van der Waals surface area contributed by atoms with Gasteiger partial charge < -0.3 is 15.3 Å². The minimum Gasteiger partial charge on any atom is -0.392 e. The van der Waals surface area contributed by atoms with Gasteiger partial charge in [-0.05, 0) is 67.4 Å². The van der Waals surface area contributed by atoms with E-state index in [4.69, 9.17) is 0 Å². The Morgan fingerprint density at radius 3 is 2.69 bits per heavy atom. The van der Waals surface area contributed by atoms with Gasteiger partial charge in [-0.15, -0.1) is 0 Å². The molecule has 6 fully saturated rings. The molecule has 0 radical (unpaired) electrons. The van der Waals surface area contributed by atoms with Gasteiger partial charge in [-0.2, -0.15) is 0 Å². The molecule has 5 aliphatic carbocycles. The van der Waals surface area contributed by atoms with Crippen molar-refractivity contribution in [3.05, 3.63) is 12.2 Å². The van der Waals surface area contributed by atoms with Crippen molar-refractivity contribution in [3.63, 3.8) is 0 Å². The van der Waals surface area contributed by atoms with E-state index in [-0.39, 0.29) is 34.2 Å². The Balaban J connectivity index is 1.61. The Labute approximate surface area is 156 Å². The molecule has 0 aromatic heterocycles. The van der Waals surface area contributed by atoms with Gasteiger partial charge in [0.05, 0.1) is 18.3 Å². The van der Waals surface area contributed by atoms with Gasteiger partial charge in [0.15, 0.2) is 0 Å². The zero-order valence-electron chi connectivity index (χ0n) is 16.1. The number of hydrogen-bond acceptors (Lipinski definition) is 4. The summed E-state index contributed by atoms with van der Waals surface area (Å²) >= 11 is 0. The Bertz CT molecular complexity index is 695. The van der Waals surface area contributed by atoms with Gasteiger partial charge in [-0.25, -0.2) is 0 Å². The van der Waals surface area contributed by atoms with Crippen LogP contribution in [0.3, 0.4) is 0 Å². The van der Waals surface area contributed by atoms with Crippen LogP contribution in [-0.2, 0) is 0 Å². The van der Waals surface area contributed by atoms with Crippen molar-refractivity contribution in [1.82, 2.24) is 4.90 Å². The van der Waals surface area contributed by atoms with Gasteiger partial charge in [-0.1, -0.05) is 20.4 Å². The molecule has 0 aromatic carbocycles. The van der Waals surface area contributed by atoms with Crippen LogP contribution in [0.5, 0.6) is 0 Å². The monoisotopic (exact) mass is 359 g/mol. The van der Waals surface area contributed by atoms with Crippen LogP contribution in [0.15, 0.2) is 12.2 Å². The number of rotatable bonds is 1.